The van der Waals surface area contributed by atoms with Gasteiger partial charge in [-0.25, -0.2) is 0 Å². The Balaban J connectivity index is 1.58. The van der Waals surface area contributed by atoms with Crippen LogP contribution in [0.2, 0.25) is 0 Å². The second-order valence-corrected chi connectivity index (χ2v) is 8.57. The molecule has 4 bridgehead atoms. The third-order valence-corrected chi connectivity index (χ3v) is 6.74. The summed E-state index contributed by atoms with van der Waals surface area (Å²) >= 11 is 0. The van der Waals surface area contributed by atoms with E-state index in [1.54, 1.807) is 0 Å². The molecule has 7 rings (SSSR count). The van der Waals surface area contributed by atoms with Crippen molar-refractivity contribution in [3.63, 3.8) is 0 Å². The van der Waals surface area contributed by atoms with E-state index in [4.69, 9.17) is 14.2 Å². The summed E-state index contributed by atoms with van der Waals surface area (Å²) in [6, 6.07) is 30.3. The quantitative estimate of drug-likeness (QED) is 0.277. The van der Waals surface area contributed by atoms with E-state index in [0.717, 1.165) is 11.5 Å². The molecule has 0 fully saturated rings. The molecular formula is C30H22O3. The molecule has 3 aliphatic rings. The van der Waals surface area contributed by atoms with Gasteiger partial charge < -0.3 is 14.2 Å². The second-order valence-electron chi connectivity index (χ2n) is 8.57. The number of rotatable bonds is 0. The minimum atomic E-state index is 0.512. The fourth-order valence-electron chi connectivity index (χ4n) is 5.35. The number of hydrogen-bond donors (Lipinski definition) is 0. The first-order valence-corrected chi connectivity index (χ1v) is 11.4. The van der Waals surface area contributed by atoms with Crippen LogP contribution in [0.1, 0.15) is 22.3 Å². The van der Waals surface area contributed by atoms with Gasteiger partial charge in [-0.1, -0.05) is 60.7 Å². The summed E-state index contributed by atoms with van der Waals surface area (Å²) in [7, 11) is 0. The van der Waals surface area contributed by atoms with Crippen molar-refractivity contribution in [1.29, 1.82) is 0 Å². The van der Waals surface area contributed by atoms with Gasteiger partial charge in [-0.2, -0.15) is 0 Å². The highest BCUT2D eigenvalue weighted by molar-refractivity contribution is 6.19. The van der Waals surface area contributed by atoms with E-state index in [1.165, 1.54) is 55.7 Å². The zero-order valence-corrected chi connectivity index (χ0v) is 18.1. The molecule has 0 amide bonds. The third-order valence-electron chi connectivity index (χ3n) is 6.74. The van der Waals surface area contributed by atoms with Crippen LogP contribution in [0.15, 0.2) is 84.9 Å². The normalized spacial score (nSPS) is 17.8. The lowest BCUT2D eigenvalue weighted by Crippen LogP contribution is -2.12. The maximum atomic E-state index is 6.06. The third kappa shape index (κ3) is 2.86. The summed E-state index contributed by atoms with van der Waals surface area (Å²) in [6.07, 6.45) is 0. The lowest BCUT2D eigenvalue weighted by atomic mass is 9.91. The van der Waals surface area contributed by atoms with Gasteiger partial charge in [-0.3, -0.25) is 0 Å². The Morgan fingerprint density at radius 3 is 1.30 bits per heavy atom. The molecular weight excluding hydrogens is 408 g/mol. The maximum Gasteiger partial charge on any atom is 0.120 e. The van der Waals surface area contributed by atoms with Gasteiger partial charge in [0.1, 0.15) is 24.7 Å². The van der Waals surface area contributed by atoms with Gasteiger partial charge in [-0.15, -0.1) is 0 Å². The summed E-state index contributed by atoms with van der Waals surface area (Å²) in [5.74, 6) is 1.74. The van der Waals surface area contributed by atoms with E-state index in [0.29, 0.717) is 26.4 Å². The smallest absolute Gasteiger partial charge is 0.120 e. The Morgan fingerprint density at radius 2 is 0.818 bits per heavy atom. The molecule has 1 aliphatic heterocycles. The van der Waals surface area contributed by atoms with Crippen LogP contribution in [0.25, 0.3) is 33.4 Å². The molecule has 0 radical (unpaired) electrons. The Bertz CT molecular complexity index is 1340. The largest absolute Gasteiger partial charge is 0.491 e. The number of benzene rings is 4. The van der Waals surface area contributed by atoms with Crippen LogP contribution in [0.5, 0.6) is 11.5 Å². The Hall–Kier alpha value is -3.82. The van der Waals surface area contributed by atoms with Crippen LogP contribution in [-0.2, 0) is 4.74 Å². The molecule has 1 heterocycles. The average Bonchev–Trinajstić information content (AvgIpc) is 3.34. The van der Waals surface area contributed by atoms with Crippen LogP contribution in [0, 0.1) is 0 Å². The Labute approximate surface area is 192 Å². The highest BCUT2D eigenvalue weighted by atomic mass is 16.5. The molecule has 0 saturated heterocycles. The van der Waals surface area contributed by atoms with Gasteiger partial charge in [0.2, 0.25) is 0 Å². The standard InChI is InChI=1S/C30H22O3/c1-3-7-25-21(5-1)23-11-9-19-17-27(23)29(25)30-26-8-4-2-6-22(26)24-12-10-20(18-28(24)30)33-16-14-31-13-15-32-19/h1-12,17-18H,13-16H2/b30-29-. The summed E-state index contributed by atoms with van der Waals surface area (Å²) in [5.41, 5.74) is 12.5. The van der Waals surface area contributed by atoms with E-state index in [9.17, 15) is 0 Å². The molecule has 4 aromatic rings. The lowest BCUT2D eigenvalue weighted by molar-refractivity contribution is 0.0764. The Morgan fingerprint density at radius 1 is 0.394 bits per heavy atom. The fourth-order valence-corrected chi connectivity index (χ4v) is 5.35. The van der Waals surface area contributed by atoms with Gasteiger partial charge in [-0.05, 0) is 79.9 Å². The van der Waals surface area contributed by atoms with E-state index in [2.05, 4.69) is 84.9 Å². The average molecular weight is 431 g/mol. The van der Waals surface area contributed by atoms with Crippen molar-refractivity contribution >= 4 is 11.1 Å². The van der Waals surface area contributed by atoms with Crippen LogP contribution < -0.4 is 9.47 Å². The number of ether oxygens (including phenoxy) is 3. The van der Waals surface area contributed by atoms with Crippen molar-refractivity contribution in [2.45, 2.75) is 0 Å². The second kappa shape index (κ2) is 7.36. The highest BCUT2D eigenvalue weighted by Gasteiger charge is 2.32. The van der Waals surface area contributed by atoms with Gasteiger partial charge in [0.05, 0.1) is 13.2 Å². The van der Waals surface area contributed by atoms with Crippen LogP contribution in [0.4, 0.5) is 0 Å². The molecule has 0 saturated carbocycles. The molecule has 0 aromatic heterocycles. The molecule has 0 N–H and O–H groups in total. The van der Waals surface area contributed by atoms with Crippen molar-refractivity contribution in [1.82, 2.24) is 0 Å². The van der Waals surface area contributed by atoms with E-state index in [1.807, 2.05) is 0 Å². The molecule has 0 spiro atoms. The molecule has 0 atom stereocenters. The minimum absolute atomic E-state index is 0.512. The summed E-state index contributed by atoms with van der Waals surface area (Å²) in [6.45, 7) is 2.09. The summed E-state index contributed by atoms with van der Waals surface area (Å²) in [4.78, 5) is 0. The summed E-state index contributed by atoms with van der Waals surface area (Å²) < 4.78 is 17.8. The monoisotopic (exact) mass is 430 g/mol. The summed E-state index contributed by atoms with van der Waals surface area (Å²) in [5, 5.41) is 0. The molecule has 4 aromatic carbocycles. The molecule has 0 unspecified atom stereocenters. The van der Waals surface area contributed by atoms with Crippen molar-refractivity contribution < 1.29 is 14.2 Å². The Kier molecular flexibility index (Phi) is 4.18. The maximum absolute atomic E-state index is 6.06. The first-order valence-electron chi connectivity index (χ1n) is 11.4. The molecule has 2 aliphatic carbocycles. The highest BCUT2D eigenvalue weighted by Crippen LogP contribution is 2.55. The van der Waals surface area contributed by atoms with E-state index in [-0.39, 0.29) is 0 Å². The van der Waals surface area contributed by atoms with Gasteiger partial charge in [0.25, 0.3) is 0 Å². The lowest BCUT2D eigenvalue weighted by Gasteiger charge is -2.13. The SMILES string of the molecule is c1ccc2c(c1)/C1=C3\c4ccccc4-c4ccc(cc43)OCCOCCOc3ccc-2c1c3. The fraction of sp³-hybridized carbons (Fsp3) is 0.133. The predicted molar refractivity (Wildman–Crippen MR) is 131 cm³/mol. The topological polar surface area (TPSA) is 27.7 Å². The van der Waals surface area contributed by atoms with Crippen molar-refractivity contribution in [3.8, 4) is 33.8 Å². The van der Waals surface area contributed by atoms with Crippen molar-refractivity contribution in [2.75, 3.05) is 26.4 Å². The predicted octanol–water partition coefficient (Wildman–Crippen LogP) is 6.44. The molecule has 160 valence electrons. The molecule has 3 heteroatoms. The van der Waals surface area contributed by atoms with E-state index < -0.39 is 0 Å². The van der Waals surface area contributed by atoms with E-state index >= 15 is 0 Å². The first-order chi connectivity index (χ1) is 16.4. The van der Waals surface area contributed by atoms with Gasteiger partial charge >= 0.3 is 0 Å². The molecule has 33 heavy (non-hydrogen) atoms. The number of hydrogen-bond acceptors (Lipinski definition) is 3. The number of fused-ring (bicyclic) bond motifs is 8. The van der Waals surface area contributed by atoms with Gasteiger partial charge in [0.15, 0.2) is 0 Å². The zero-order chi connectivity index (χ0) is 21.8. The van der Waals surface area contributed by atoms with Crippen LogP contribution >= 0.6 is 0 Å². The molecule has 3 nitrogen and oxygen atoms in total. The van der Waals surface area contributed by atoms with Crippen LogP contribution in [-0.4, -0.2) is 26.4 Å². The van der Waals surface area contributed by atoms with Gasteiger partial charge in [0, 0.05) is 0 Å². The van der Waals surface area contributed by atoms with Crippen LogP contribution in [0.3, 0.4) is 0 Å². The van der Waals surface area contributed by atoms with Crippen molar-refractivity contribution in [2.24, 2.45) is 0 Å². The minimum Gasteiger partial charge on any atom is -0.491 e. The first kappa shape index (κ1) is 18.7. The van der Waals surface area contributed by atoms with Crippen molar-refractivity contribution in [3.05, 3.63) is 107 Å². The zero-order valence-electron chi connectivity index (χ0n) is 18.1.